The molecule has 0 saturated carbocycles. The van der Waals surface area contributed by atoms with Crippen LogP contribution in [0.25, 0.3) is 34.1 Å². The van der Waals surface area contributed by atoms with E-state index >= 15 is 0 Å². The van der Waals surface area contributed by atoms with Crippen LogP contribution in [0.15, 0.2) is 89.3 Å². The van der Waals surface area contributed by atoms with Crippen molar-refractivity contribution in [3.63, 3.8) is 0 Å². The minimum Gasteiger partial charge on any atom is -0.413 e. The van der Waals surface area contributed by atoms with Crippen molar-refractivity contribution in [2.45, 2.75) is 12.8 Å². The Labute approximate surface area is 180 Å². The third kappa shape index (κ3) is 4.00. The molecule has 1 unspecified atom stereocenters. The van der Waals surface area contributed by atoms with Gasteiger partial charge >= 0.3 is 0 Å². The number of hydrogen-bond acceptors (Lipinski definition) is 6. The Bertz CT molecular complexity index is 1300. The average Bonchev–Trinajstić information content (AvgIpc) is 3.34. The standard InChI is InChI=1S/C25H21N5O/c1-17(18-10-4-2-5-11-18)16-26-22-20-14-8-9-15-21(20)27-23(28-22)25-30-29-24(31-25)19-12-6-3-7-13-19/h2-15,17H,16H2,1H3,(H,26,27,28). The van der Waals surface area contributed by atoms with Gasteiger partial charge in [-0.1, -0.05) is 67.6 Å². The van der Waals surface area contributed by atoms with Crippen molar-refractivity contribution in [3.05, 3.63) is 90.5 Å². The quantitative estimate of drug-likeness (QED) is 0.397. The lowest BCUT2D eigenvalue weighted by molar-refractivity contribution is 0.579. The first-order valence-corrected chi connectivity index (χ1v) is 10.2. The van der Waals surface area contributed by atoms with Crippen LogP contribution in [0.3, 0.4) is 0 Å². The largest absolute Gasteiger partial charge is 0.413 e. The number of para-hydroxylation sites is 1. The molecular weight excluding hydrogens is 386 g/mol. The van der Waals surface area contributed by atoms with Crippen LogP contribution in [-0.4, -0.2) is 26.7 Å². The predicted molar refractivity (Wildman–Crippen MR) is 122 cm³/mol. The van der Waals surface area contributed by atoms with Crippen molar-refractivity contribution < 1.29 is 4.42 Å². The molecule has 0 aliphatic carbocycles. The van der Waals surface area contributed by atoms with Crippen molar-refractivity contribution in [2.24, 2.45) is 0 Å². The monoisotopic (exact) mass is 407 g/mol. The molecule has 0 aliphatic rings. The first-order valence-electron chi connectivity index (χ1n) is 10.2. The zero-order valence-corrected chi connectivity index (χ0v) is 17.1. The molecule has 0 spiro atoms. The van der Waals surface area contributed by atoms with Gasteiger partial charge in [0.15, 0.2) is 0 Å². The molecule has 2 heterocycles. The van der Waals surface area contributed by atoms with Crippen LogP contribution in [0.1, 0.15) is 18.4 Å². The lowest BCUT2D eigenvalue weighted by Gasteiger charge is -2.15. The minimum atomic E-state index is 0.295. The predicted octanol–water partition coefficient (Wildman–Crippen LogP) is 5.56. The summed E-state index contributed by atoms with van der Waals surface area (Å²) < 4.78 is 5.88. The fraction of sp³-hybridized carbons (Fsp3) is 0.120. The number of fused-ring (bicyclic) bond motifs is 1. The summed E-state index contributed by atoms with van der Waals surface area (Å²) in [6.07, 6.45) is 0. The van der Waals surface area contributed by atoms with Gasteiger partial charge in [-0.15, -0.1) is 10.2 Å². The molecule has 0 bridgehead atoms. The molecule has 0 fully saturated rings. The molecular formula is C25H21N5O. The molecule has 0 saturated heterocycles. The molecule has 5 rings (SSSR count). The first-order chi connectivity index (χ1) is 15.3. The van der Waals surface area contributed by atoms with Crippen LogP contribution in [0.2, 0.25) is 0 Å². The van der Waals surface area contributed by atoms with Gasteiger partial charge in [-0.3, -0.25) is 0 Å². The Kier molecular flexibility index (Phi) is 5.10. The Morgan fingerprint density at radius 2 is 1.45 bits per heavy atom. The van der Waals surface area contributed by atoms with E-state index in [1.165, 1.54) is 5.56 Å². The molecule has 0 amide bonds. The van der Waals surface area contributed by atoms with E-state index in [9.17, 15) is 0 Å². The van der Waals surface area contributed by atoms with Gasteiger partial charge in [-0.25, -0.2) is 9.97 Å². The summed E-state index contributed by atoms with van der Waals surface area (Å²) in [7, 11) is 0. The SMILES string of the molecule is CC(CNc1nc(-c2nnc(-c3ccccc3)o2)nc2ccccc12)c1ccccc1. The van der Waals surface area contributed by atoms with Gasteiger partial charge in [0.2, 0.25) is 11.7 Å². The Balaban J connectivity index is 1.47. The van der Waals surface area contributed by atoms with Crippen LogP contribution in [0.5, 0.6) is 0 Å². The second-order valence-electron chi connectivity index (χ2n) is 7.38. The zero-order valence-electron chi connectivity index (χ0n) is 17.1. The summed E-state index contributed by atoms with van der Waals surface area (Å²) in [5.41, 5.74) is 2.96. The van der Waals surface area contributed by atoms with Gasteiger partial charge in [0.05, 0.1) is 5.52 Å². The van der Waals surface area contributed by atoms with Gasteiger partial charge in [0.25, 0.3) is 5.89 Å². The van der Waals surface area contributed by atoms with E-state index in [0.717, 1.165) is 28.8 Å². The lowest BCUT2D eigenvalue weighted by atomic mass is 10.0. The molecule has 152 valence electrons. The van der Waals surface area contributed by atoms with Crippen molar-refractivity contribution in [2.75, 3.05) is 11.9 Å². The Morgan fingerprint density at radius 3 is 2.26 bits per heavy atom. The van der Waals surface area contributed by atoms with E-state index in [-0.39, 0.29) is 0 Å². The molecule has 0 aliphatic heterocycles. The maximum Gasteiger partial charge on any atom is 0.286 e. The van der Waals surface area contributed by atoms with Gasteiger partial charge in [0, 0.05) is 17.5 Å². The van der Waals surface area contributed by atoms with E-state index in [4.69, 9.17) is 9.40 Å². The van der Waals surface area contributed by atoms with Crippen LogP contribution >= 0.6 is 0 Å². The topological polar surface area (TPSA) is 76.7 Å². The van der Waals surface area contributed by atoms with Crippen molar-refractivity contribution in [1.82, 2.24) is 20.2 Å². The van der Waals surface area contributed by atoms with Gasteiger partial charge in [-0.2, -0.15) is 0 Å². The van der Waals surface area contributed by atoms with Crippen molar-refractivity contribution >= 4 is 16.7 Å². The number of rotatable bonds is 6. The van der Waals surface area contributed by atoms with E-state index in [0.29, 0.717) is 23.5 Å². The molecule has 5 aromatic rings. The highest BCUT2D eigenvalue weighted by Crippen LogP contribution is 2.27. The van der Waals surface area contributed by atoms with Crippen LogP contribution in [-0.2, 0) is 0 Å². The molecule has 0 radical (unpaired) electrons. The van der Waals surface area contributed by atoms with E-state index in [1.54, 1.807) is 0 Å². The molecule has 1 N–H and O–H groups in total. The lowest BCUT2D eigenvalue weighted by Crippen LogP contribution is -2.12. The van der Waals surface area contributed by atoms with Crippen molar-refractivity contribution in [1.29, 1.82) is 0 Å². The summed E-state index contributed by atoms with van der Waals surface area (Å²) >= 11 is 0. The van der Waals surface area contributed by atoms with E-state index < -0.39 is 0 Å². The minimum absolute atomic E-state index is 0.295. The number of benzene rings is 3. The van der Waals surface area contributed by atoms with Crippen LogP contribution in [0, 0.1) is 0 Å². The van der Waals surface area contributed by atoms with Crippen molar-refractivity contribution in [3.8, 4) is 23.2 Å². The first kappa shape index (κ1) is 18.9. The normalized spacial score (nSPS) is 12.0. The van der Waals surface area contributed by atoms with E-state index in [1.807, 2.05) is 60.7 Å². The maximum absolute atomic E-state index is 5.88. The molecule has 1 atom stereocenters. The van der Waals surface area contributed by atoms with Crippen LogP contribution in [0.4, 0.5) is 5.82 Å². The Hall–Kier alpha value is -4.06. The second-order valence-corrected chi connectivity index (χ2v) is 7.38. The van der Waals surface area contributed by atoms with E-state index in [2.05, 4.69) is 51.7 Å². The summed E-state index contributed by atoms with van der Waals surface area (Å²) in [4.78, 5) is 9.38. The van der Waals surface area contributed by atoms with Crippen LogP contribution < -0.4 is 5.32 Å². The number of anilines is 1. The fourth-order valence-electron chi connectivity index (χ4n) is 3.47. The second kappa shape index (κ2) is 8.36. The Morgan fingerprint density at radius 1 is 0.774 bits per heavy atom. The third-order valence-electron chi connectivity index (χ3n) is 5.18. The third-order valence-corrected chi connectivity index (χ3v) is 5.18. The molecule has 31 heavy (non-hydrogen) atoms. The highest BCUT2D eigenvalue weighted by molar-refractivity contribution is 5.90. The maximum atomic E-state index is 5.88. The molecule has 3 aromatic carbocycles. The summed E-state index contributed by atoms with van der Waals surface area (Å²) in [5.74, 6) is 2.22. The summed E-state index contributed by atoms with van der Waals surface area (Å²) in [6, 6.07) is 28.0. The number of nitrogens with zero attached hydrogens (tertiary/aromatic N) is 4. The van der Waals surface area contributed by atoms with Gasteiger partial charge in [0.1, 0.15) is 5.82 Å². The fourth-order valence-corrected chi connectivity index (χ4v) is 3.47. The summed E-state index contributed by atoms with van der Waals surface area (Å²) in [5, 5.41) is 12.8. The molecule has 6 heteroatoms. The highest BCUT2D eigenvalue weighted by atomic mass is 16.4. The van der Waals surface area contributed by atoms with Gasteiger partial charge < -0.3 is 9.73 Å². The summed E-state index contributed by atoms with van der Waals surface area (Å²) in [6.45, 7) is 2.93. The number of nitrogens with one attached hydrogen (secondary N) is 1. The highest BCUT2D eigenvalue weighted by Gasteiger charge is 2.16. The van der Waals surface area contributed by atoms with Gasteiger partial charge in [-0.05, 0) is 35.7 Å². The smallest absolute Gasteiger partial charge is 0.286 e. The number of hydrogen-bond donors (Lipinski definition) is 1. The molecule has 6 nitrogen and oxygen atoms in total. The number of aromatic nitrogens is 4. The zero-order chi connectivity index (χ0) is 21.0. The molecule has 2 aromatic heterocycles. The average molecular weight is 407 g/mol.